The van der Waals surface area contributed by atoms with Crippen molar-refractivity contribution in [2.75, 3.05) is 5.73 Å². The monoisotopic (exact) mass is 291 g/mol. The summed E-state index contributed by atoms with van der Waals surface area (Å²) in [5.74, 6) is -0.332. The van der Waals surface area contributed by atoms with Gasteiger partial charge in [-0.2, -0.15) is 0 Å². The fraction of sp³-hybridized carbons (Fsp3) is 0.143. The highest BCUT2D eigenvalue weighted by molar-refractivity contribution is 6.32. The zero-order chi connectivity index (χ0) is 14.5. The van der Waals surface area contributed by atoms with Crippen LogP contribution in [-0.4, -0.2) is 16.0 Å². The third kappa shape index (κ3) is 3.46. The first kappa shape index (κ1) is 14.3. The fourth-order valence-corrected chi connectivity index (χ4v) is 1.85. The van der Waals surface area contributed by atoms with Crippen molar-refractivity contribution in [1.29, 1.82) is 0 Å². The molecule has 0 atom stereocenters. The molecular weight excluding hydrogens is 278 g/mol. The van der Waals surface area contributed by atoms with Gasteiger partial charge >= 0.3 is 0 Å². The number of anilines is 1. The first-order valence-corrected chi connectivity index (χ1v) is 6.36. The lowest BCUT2D eigenvalue weighted by atomic mass is 10.1. The van der Waals surface area contributed by atoms with Gasteiger partial charge in [0.05, 0.1) is 24.1 Å². The fourth-order valence-electron chi connectivity index (χ4n) is 1.66. The van der Waals surface area contributed by atoms with Crippen molar-refractivity contribution in [3.8, 4) is 0 Å². The number of carbonyl (C=O) groups is 1. The van der Waals surface area contributed by atoms with Crippen LogP contribution in [0.25, 0.3) is 0 Å². The first-order valence-electron chi connectivity index (χ1n) is 5.98. The van der Waals surface area contributed by atoms with E-state index >= 15 is 0 Å². The minimum atomic E-state index is -0.332. The Morgan fingerprint density at radius 3 is 2.60 bits per heavy atom. The molecule has 0 fully saturated rings. The van der Waals surface area contributed by atoms with Gasteiger partial charge in [0, 0.05) is 6.54 Å². The number of nitrogens with zero attached hydrogens (tertiary/aromatic N) is 1. The van der Waals surface area contributed by atoms with E-state index in [2.05, 4.69) is 10.3 Å². The topological polar surface area (TPSA) is 88.2 Å². The Bertz CT molecular complexity index is 614. The van der Waals surface area contributed by atoms with Crippen molar-refractivity contribution < 1.29 is 9.90 Å². The molecule has 4 N–H and O–H groups in total. The van der Waals surface area contributed by atoms with Gasteiger partial charge in [0.25, 0.3) is 5.91 Å². The van der Waals surface area contributed by atoms with E-state index in [-0.39, 0.29) is 23.2 Å². The summed E-state index contributed by atoms with van der Waals surface area (Å²) in [6, 6.07) is 8.77. The summed E-state index contributed by atoms with van der Waals surface area (Å²) >= 11 is 5.86. The Labute approximate surface area is 121 Å². The van der Waals surface area contributed by atoms with E-state index in [4.69, 9.17) is 22.4 Å². The average Bonchev–Trinajstić information content (AvgIpc) is 2.47. The summed E-state index contributed by atoms with van der Waals surface area (Å²) < 4.78 is 0. The molecule has 0 saturated heterocycles. The molecule has 0 saturated carbocycles. The number of pyridine rings is 1. The van der Waals surface area contributed by atoms with E-state index in [0.29, 0.717) is 12.2 Å². The Hall–Kier alpha value is -2.11. The molecule has 104 valence electrons. The zero-order valence-corrected chi connectivity index (χ0v) is 11.4. The van der Waals surface area contributed by atoms with Crippen LogP contribution in [0.15, 0.2) is 36.5 Å². The molecule has 0 radical (unpaired) electrons. The molecule has 0 spiro atoms. The minimum absolute atomic E-state index is 0.00277. The molecule has 1 aromatic heterocycles. The van der Waals surface area contributed by atoms with Gasteiger partial charge in [-0.25, -0.2) is 4.98 Å². The van der Waals surface area contributed by atoms with Gasteiger partial charge < -0.3 is 16.2 Å². The number of halogens is 1. The highest BCUT2D eigenvalue weighted by Crippen LogP contribution is 2.15. The number of hydrogen-bond acceptors (Lipinski definition) is 4. The van der Waals surface area contributed by atoms with Gasteiger partial charge in [0.15, 0.2) is 0 Å². The van der Waals surface area contributed by atoms with Crippen LogP contribution < -0.4 is 11.1 Å². The Morgan fingerprint density at radius 2 is 1.95 bits per heavy atom. The Morgan fingerprint density at radius 1 is 1.30 bits per heavy atom. The lowest BCUT2D eigenvalue weighted by Crippen LogP contribution is -2.23. The van der Waals surface area contributed by atoms with Gasteiger partial charge in [-0.3, -0.25) is 4.79 Å². The molecule has 2 aromatic rings. The van der Waals surface area contributed by atoms with Crippen molar-refractivity contribution in [3.63, 3.8) is 0 Å². The molecule has 20 heavy (non-hydrogen) atoms. The van der Waals surface area contributed by atoms with E-state index in [1.807, 2.05) is 12.1 Å². The van der Waals surface area contributed by atoms with Gasteiger partial charge in [0.1, 0.15) is 5.15 Å². The van der Waals surface area contributed by atoms with Gasteiger partial charge in [-0.05, 0) is 17.2 Å². The number of nitrogen functional groups attached to an aromatic ring is 1. The van der Waals surface area contributed by atoms with Crippen molar-refractivity contribution in [3.05, 3.63) is 58.4 Å². The number of aromatic nitrogens is 1. The van der Waals surface area contributed by atoms with Crippen LogP contribution in [0.2, 0.25) is 5.15 Å². The summed E-state index contributed by atoms with van der Waals surface area (Å²) in [5, 5.41) is 11.8. The van der Waals surface area contributed by atoms with Crippen molar-refractivity contribution in [2.24, 2.45) is 0 Å². The summed E-state index contributed by atoms with van der Waals surface area (Å²) in [6.07, 6.45) is 1.40. The molecule has 0 unspecified atom stereocenters. The smallest absolute Gasteiger partial charge is 0.254 e. The number of aliphatic hydroxyl groups is 1. The van der Waals surface area contributed by atoms with Crippen LogP contribution in [0, 0.1) is 0 Å². The van der Waals surface area contributed by atoms with E-state index < -0.39 is 0 Å². The number of amides is 1. The second kappa shape index (κ2) is 6.36. The maximum atomic E-state index is 12.0. The molecule has 5 nitrogen and oxygen atoms in total. The molecule has 1 heterocycles. The molecule has 0 aliphatic rings. The standard InChI is InChI=1S/C14H14ClN3O2/c15-13-12(5-11(16)7-17-13)14(20)18-6-9-1-3-10(8-19)4-2-9/h1-5,7,19H,6,8,16H2,(H,18,20). The second-order valence-electron chi connectivity index (χ2n) is 4.26. The largest absolute Gasteiger partial charge is 0.397 e. The molecule has 0 aliphatic carbocycles. The second-order valence-corrected chi connectivity index (χ2v) is 4.62. The lowest BCUT2D eigenvalue weighted by molar-refractivity contribution is 0.0950. The van der Waals surface area contributed by atoms with E-state index in [1.165, 1.54) is 12.3 Å². The van der Waals surface area contributed by atoms with Crippen LogP contribution in [-0.2, 0) is 13.2 Å². The number of nitrogens with one attached hydrogen (secondary N) is 1. The molecule has 0 aliphatic heterocycles. The number of hydrogen-bond donors (Lipinski definition) is 3. The van der Waals surface area contributed by atoms with E-state index in [0.717, 1.165) is 11.1 Å². The number of carbonyl (C=O) groups excluding carboxylic acids is 1. The summed E-state index contributed by atoms with van der Waals surface area (Å²) in [5.41, 5.74) is 7.95. The van der Waals surface area contributed by atoms with Crippen LogP contribution in [0.3, 0.4) is 0 Å². The normalized spacial score (nSPS) is 10.3. The number of aliphatic hydroxyl groups excluding tert-OH is 1. The quantitative estimate of drug-likeness (QED) is 0.749. The van der Waals surface area contributed by atoms with Crippen LogP contribution in [0.1, 0.15) is 21.5 Å². The summed E-state index contributed by atoms with van der Waals surface area (Å²) in [6.45, 7) is 0.354. The highest BCUT2D eigenvalue weighted by atomic mass is 35.5. The molecule has 1 amide bonds. The molecule has 6 heteroatoms. The predicted octanol–water partition coefficient (Wildman–Crippen LogP) is 1.74. The molecule has 1 aromatic carbocycles. The summed E-state index contributed by atoms with van der Waals surface area (Å²) in [7, 11) is 0. The Kier molecular flexibility index (Phi) is 4.55. The maximum absolute atomic E-state index is 12.0. The zero-order valence-electron chi connectivity index (χ0n) is 10.6. The SMILES string of the molecule is Nc1cnc(Cl)c(C(=O)NCc2ccc(CO)cc2)c1. The van der Waals surface area contributed by atoms with Crippen molar-refractivity contribution >= 4 is 23.2 Å². The van der Waals surface area contributed by atoms with Gasteiger partial charge in [-0.15, -0.1) is 0 Å². The van der Waals surface area contributed by atoms with Crippen molar-refractivity contribution in [2.45, 2.75) is 13.2 Å². The summed E-state index contributed by atoms with van der Waals surface area (Å²) in [4.78, 5) is 15.8. The minimum Gasteiger partial charge on any atom is -0.397 e. The van der Waals surface area contributed by atoms with Gasteiger partial charge in [0.2, 0.25) is 0 Å². The van der Waals surface area contributed by atoms with Gasteiger partial charge in [-0.1, -0.05) is 35.9 Å². The number of nitrogens with two attached hydrogens (primary N) is 1. The molecule has 0 bridgehead atoms. The van der Waals surface area contributed by atoms with E-state index in [9.17, 15) is 4.79 Å². The lowest BCUT2D eigenvalue weighted by Gasteiger charge is -2.07. The highest BCUT2D eigenvalue weighted by Gasteiger charge is 2.11. The third-order valence-corrected chi connectivity index (χ3v) is 3.06. The third-order valence-electron chi connectivity index (χ3n) is 2.76. The van der Waals surface area contributed by atoms with Crippen LogP contribution in [0.4, 0.5) is 5.69 Å². The Balaban J connectivity index is 2.02. The first-order chi connectivity index (χ1) is 9.60. The maximum Gasteiger partial charge on any atom is 0.254 e. The number of rotatable bonds is 4. The van der Waals surface area contributed by atoms with E-state index in [1.54, 1.807) is 12.1 Å². The predicted molar refractivity (Wildman–Crippen MR) is 77.2 cm³/mol. The van der Waals surface area contributed by atoms with Crippen LogP contribution >= 0.6 is 11.6 Å². The molecule has 2 rings (SSSR count). The molecular formula is C14H14ClN3O2. The van der Waals surface area contributed by atoms with Crippen molar-refractivity contribution in [1.82, 2.24) is 10.3 Å². The average molecular weight is 292 g/mol. The van der Waals surface area contributed by atoms with Crippen LogP contribution in [0.5, 0.6) is 0 Å². The number of benzene rings is 1.